The molecule has 1 aliphatic rings. The molecule has 4 rings (SSSR count). The van der Waals surface area contributed by atoms with E-state index in [0.717, 1.165) is 31.2 Å². The van der Waals surface area contributed by atoms with Crippen LogP contribution in [-0.2, 0) is 0 Å². The van der Waals surface area contributed by atoms with Crippen molar-refractivity contribution >= 4 is 11.4 Å². The highest BCUT2D eigenvalue weighted by atomic mass is 16.1. The van der Waals surface area contributed by atoms with Gasteiger partial charge in [-0.1, -0.05) is 6.07 Å². The summed E-state index contributed by atoms with van der Waals surface area (Å²) in [5.74, 6) is -0.0397. The summed E-state index contributed by atoms with van der Waals surface area (Å²) in [6, 6.07) is 11.2. The molecule has 0 radical (unpaired) electrons. The van der Waals surface area contributed by atoms with Crippen LogP contribution in [0.4, 0.5) is 0 Å². The van der Waals surface area contributed by atoms with Gasteiger partial charge in [-0.05, 0) is 49.9 Å². The van der Waals surface area contributed by atoms with Crippen LogP contribution >= 0.6 is 0 Å². The van der Waals surface area contributed by atoms with Crippen LogP contribution in [0.25, 0.3) is 5.52 Å². The molecular formula is C19H20N4O2. The Labute approximate surface area is 145 Å². The van der Waals surface area contributed by atoms with Crippen LogP contribution in [0.2, 0.25) is 0 Å². The molecule has 0 spiro atoms. The Hall–Kier alpha value is -2.89. The van der Waals surface area contributed by atoms with Crippen molar-refractivity contribution in [1.82, 2.24) is 19.5 Å². The lowest BCUT2D eigenvalue weighted by molar-refractivity contribution is 0.0921. The summed E-state index contributed by atoms with van der Waals surface area (Å²) < 4.78 is 3.51. The number of amides is 1. The van der Waals surface area contributed by atoms with Gasteiger partial charge in [0.1, 0.15) is 0 Å². The van der Waals surface area contributed by atoms with Gasteiger partial charge in [-0.15, -0.1) is 0 Å². The molecule has 0 unspecified atom stereocenters. The summed E-state index contributed by atoms with van der Waals surface area (Å²) in [5.41, 5.74) is 1.62. The zero-order valence-corrected chi connectivity index (χ0v) is 13.8. The number of hydrogen-bond donors (Lipinski definition) is 1. The van der Waals surface area contributed by atoms with E-state index in [0.29, 0.717) is 5.56 Å². The third-order valence-corrected chi connectivity index (χ3v) is 4.89. The minimum atomic E-state index is -0.0597. The molecule has 3 aromatic heterocycles. The van der Waals surface area contributed by atoms with Crippen molar-refractivity contribution < 1.29 is 4.79 Å². The van der Waals surface area contributed by atoms with Crippen molar-refractivity contribution in [3.63, 3.8) is 0 Å². The van der Waals surface area contributed by atoms with E-state index >= 15 is 0 Å². The second kappa shape index (κ2) is 6.55. The first-order valence-corrected chi connectivity index (χ1v) is 8.62. The number of aromatic nitrogens is 3. The standard InChI is InChI=1S/C19H20N4O2/c24-18-5-3-10-20-23(18)16-8-6-15(7-9-16)21-19(25)14-12-17-4-1-2-11-22(17)13-14/h1-5,10-13,15-16H,6-9H2,(H,21,25). The third kappa shape index (κ3) is 3.20. The molecular weight excluding hydrogens is 316 g/mol. The van der Waals surface area contributed by atoms with Gasteiger partial charge in [0, 0.05) is 36.2 Å². The van der Waals surface area contributed by atoms with Gasteiger partial charge in [-0.3, -0.25) is 9.59 Å². The maximum atomic E-state index is 12.5. The number of nitrogens with one attached hydrogen (secondary N) is 1. The average Bonchev–Trinajstić information content (AvgIpc) is 3.07. The molecule has 0 aromatic carbocycles. The molecule has 1 N–H and O–H groups in total. The second-order valence-corrected chi connectivity index (χ2v) is 6.55. The largest absolute Gasteiger partial charge is 0.349 e. The highest BCUT2D eigenvalue weighted by Crippen LogP contribution is 2.27. The molecule has 1 fully saturated rings. The Morgan fingerprint density at radius 1 is 1.12 bits per heavy atom. The number of hydrogen-bond acceptors (Lipinski definition) is 3. The highest BCUT2D eigenvalue weighted by Gasteiger charge is 2.25. The molecule has 3 heterocycles. The number of pyridine rings is 1. The summed E-state index contributed by atoms with van der Waals surface area (Å²) in [6.07, 6.45) is 8.83. The van der Waals surface area contributed by atoms with Crippen molar-refractivity contribution in [3.8, 4) is 0 Å². The van der Waals surface area contributed by atoms with Gasteiger partial charge in [0.05, 0.1) is 11.6 Å². The molecule has 0 aliphatic heterocycles. The zero-order valence-electron chi connectivity index (χ0n) is 13.8. The van der Waals surface area contributed by atoms with Gasteiger partial charge in [-0.25, -0.2) is 4.68 Å². The topological polar surface area (TPSA) is 68.4 Å². The van der Waals surface area contributed by atoms with Gasteiger partial charge < -0.3 is 9.72 Å². The van der Waals surface area contributed by atoms with Crippen molar-refractivity contribution in [2.45, 2.75) is 37.8 Å². The quantitative estimate of drug-likeness (QED) is 0.798. The van der Waals surface area contributed by atoms with E-state index in [2.05, 4.69) is 10.4 Å². The SMILES string of the molecule is O=C(NC1CCC(n2ncccc2=O)CC1)c1cc2ccccn2c1. The summed E-state index contributed by atoms with van der Waals surface area (Å²) in [5, 5.41) is 7.30. The van der Waals surface area contributed by atoms with E-state index in [1.807, 2.05) is 41.1 Å². The van der Waals surface area contributed by atoms with Crippen LogP contribution in [0.5, 0.6) is 0 Å². The molecule has 0 atom stereocenters. The Balaban J connectivity index is 1.39. The molecule has 0 saturated heterocycles. The Morgan fingerprint density at radius 2 is 1.96 bits per heavy atom. The normalized spacial score (nSPS) is 20.5. The summed E-state index contributed by atoms with van der Waals surface area (Å²) >= 11 is 0. The predicted molar refractivity (Wildman–Crippen MR) is 94.7 cm³/mol. The van der Waals surface area contributed by atoms with Crippen LogP contribution in [0.15, 0.2) is 59.8 Å². The molecule has 1 aliphatic carbocycles. The third-order valence-electron chi connectivity index (χ3n) is 4.89. The first kappa shape index (κ1) is 15.6. The highest BCUT2D eigenvalue weighted by molar-refractivity contribution is 5.95. The fourth-order valence-electron chi connectivity index (χ4n) is 3.56. The van der Waals surface area contributed by atoms with Crippen molar-refractivity contribution in [2.75, 3.05) is 0 Å². The number of carbonyl (C=O) groups excluding carboxylic acids is 1. The maximum Gasteiger partial charge on any atom is 0.266 e. The molecule has 3 aromatic rings. The van der Waals surface area contributed by atoms with E-state index in [1.54, 1.807) is 23.0 Å². The van der Waals surface area contributed by atoms with Gasteiger partial charge >= 0.3 is 0 Å². The molecule has 1 saturated carbocycles. The number of nitrogens with zero attached hydrogens (tertiary/aromatic N) is 3. The fourth-order valence-corrected chi connectivity index (χ4v) is 3.56. The van der Waals surface area contributed by atoms with E-state index in [9.17, 15) is 9.59 Å². The van der Waals surface area contributed by atoms with Crippen LogP contribution in [0.1, 0.15) is 42.1 Å². The van der Waals surface area contributed by atoms with E-state index in [-0.39, 0.29) is 23.6 Å². The lowest BCUT2D eigenvalue weighted by Gasteiger charge is -2.29. The van der Waals surface area contributed by atoms with E-state index in [4.69, 9.17) is 0 Å². The number of fused-ring (bicyclic) bond motifs is 1. The minimum absolute atomic E-state index is 0.0397. The zero-order chi connectivity index (χ0) is 17.2. The van der Waals surface area contributed by atoms with Gasteiger partial charge in [0.15, 0.2) is 0 Å². The Morgan fingerprint density at radius 3 is 2.72 bits per heavy atom. The van der Waals surface area contributed by atoms with Crippen LogP contribution in [0, 0.1) is 0 Å². The van der Waals surface area contributed by atoms with Gasteiger partial charge in [-0.2, -0.15) is 5.10 Å². The van der Waals surface area contributed by atoms with Crippen LogP contribution in [-0.4, -0.2) is 26.1 Å². The van der Waals surface area contributed by atoms with Crippen LogP contribution < -0.4 is 10.9 Å². The minimum Gasteiger partial charge on any atom is -0.349 e. The second-order valence-electron chi connectivity index (χ2n) is 6.55. The number of carbonyl (C=O) groups is 1. The first-order chi connectivity index (χ1) is 12.2. The Kier molecular flexibility index (Phi) is 4.09. The lowest BCUT2D eigenvalue weighted by Crippen LogP contribution is -2.39. The van der Waals surface area contributed by atoms with Gasteiger partial charge in [0.2, 0.25) is 0 Å². The molecule has 128 valence electrons. The summed E-state index contributed by atoms with van der Waals surface area (Å²) in [4.78, 5) is 24.4. The molecule has 6 nitrogen and oxygen atoms in total. The summed E-state index contributed by atoms with van der Waals surface area (Å²) in [6.45, 7) is 0. The predicted octanol–water partition coefficient (Wildman–Crippen LogP) is 2.41. The molecule has 25 heavy (non-hydrogen) atoms. The number of rotatable bonds is 3. The lowest BCUT2D eigenvalue weighted by atomic mass is 9.91. The summed E-state index contributed by atoms with van der Waals surface area (Å²) in [7, 11) is 0. The molecule has 1 amide bonds. The van der Waals surface area contributed by atoms with Crippen molar-refractivity contribution in [3.05, 3.63) is 70.9 Å². The van der Waals surface area contributed by atoms with Gasteiger partial charge in [0.25, 0.3) is 11.5 Å². The van der Waals surface area contributed by atoms with E-state index in [1.165, 1.54) is 0 Å². The molecule has 0 bridgehead atoms. The monoisotopic (exact) mass is 336 g/mol. The first-order valence-electron chi connectivity index (χ1n) is 8.62. The van der Waals surface area contributed by atoms with Crippen molar-refractivity contribution in [2.24, 2.45) is 0 Å². The maximum absolute atomic E-state index is 12.5. The fraction of sp³-hybridized carbons (Fsp3) is 0.316. The smallest absolute Gasteiger partial charge is 0.266 e. The van der Waals surface area contributed by atoms with E-state index < -0.39 is 0 Å². The van der Waals surface area contributed by atoms with Crippen LogP contribution in [0.3, 0.4) is 0 Å². The Bertz CT molecular complexity index is 918. The molecule has 6 heteroatoms. The average molecular weight is 336 g/mol. The van der Waals surface area contributed by atoms with Crippen molar-refractivity contribution in [1.29, 1.82) is 0 Å².